The van der Waals surface area contributed by atoms with Gasteiger partial charge in [0.05, 0.1) is 15.4 Å². The van der Waals surface area contributed by atoms with Gasteiger partial charge >= 0.3 is 0 Å². The van der Waals surface area contributed by atoms with Gasteiger partial charge in [-0.2, -0.15) is 0 Å². The van der Waals surface area contributed by atoms with Gasteiger partial charge in [-0.15, -0.1) is 11.3 Å². The number of carbonyl (C=O) groups excluding carboxylic acids is 2. The van der Waals surface area contributed by atoms with Crippen LogP contribution in [0.4, 0.5) is 23.0 Å². The van der Waals surface area contributed by atoms with Crippen LogP contribution in [0.1, 0.15) is 30.5 Å². The molecule has 0 bridgehead atoms. The molecular formula is C29H24N6O2S. The number of hydrogen-bond donors (Lipinski definition) is 3. The topological polar surface area (TPSA) is 123 Å². The highest BCUT2D eigenvalue weighted by molar-refractivity contribution is 7.16. The standard InChI is InChI=1S/C29H24N6O2S/c1-18-8-9-21(16-24(18)35-29-32-14-12-23(34-29)20-6-4-13-31-17-20)33-28(37)27-11-10-26(38-27)25(36)15-19-5-2-3-7-22(19)30/h2-14,16-17H,15,30H2,1H3,(H,33,37)(H,32,34,35). The van der Waals surface area contributed by atoms with E-state index < -0.39 is 0 Å². The number of para-hydroxylation sites is 1. The van der Waals surface area contributed by atoms with Crippen molar-refractivity contribution in [2.45, 2.75) is 13.3 Å². The summed E-state index contributed by atoms with van der Waals surface area (Å²) in [6, 6.07) is 21.8. The lowest BCUT2D eigenvalue weighted by Crippen LogP contribution is -2.10. The van der Waals surface area contributed by atoms with E-state index in [1.54, 1.807) is 36.8 Å². The highest BCUT2D eigenvalue weighted by Crippen LogP contribution is 2.26. The predicted octanol–water partition coefficient (Wildman–Crippen LogP) is 5.91. The van der Waals surface area contributed by atoms with Gasteiger partial charge in [0.25, 0.3) is 5.91 Å². The molecule has 1 amide bonds. The Morgan fingerprint density at radius 1 is 0.947 bits per heavy atom. The van der Waals surface area contributed by atoms with Crippen LogP contribution in [-0.2, 0) is 6.42 Å². The molecule has 188 valence electrons. The summed E-state index contributed by atoms with van der Waals surface area (Å²) < 4.78 is 0. The average molecular weight is 521 g/mol. The Morgan fingerprint density at radius 2 is 1.79 bits per heavy atom. The summed E-state index contributed by atoms with van der Waals surface area (Å²) >= 11 is 1.16. The number of anilines is 4. The van der Waals surface area contributed by atoms with E-state index in [2.05, 4.69) is 25.6 Å². The number of rotatable bonds is 8. The van der Waals surface area contributed by atoms with E-state index in [-0.39, 0.29) is 18.1 Å². The van der Waals surface area contributed by atoms with Gasteiger partial charge in [-0.05, 0) is 66.6 Å². The van der Waals surface area contributed by atoms with Crippen molar-refractivity contribution in [3.63, 3.8) is 0 Å². The maximum absolute atomic E-state index is 12.9. The maximum atomic E-state index is 12.9. The Morgan fingerprint density at radius 3 is 2.61 bits per heavy atom. The van der Waals surface area contributed by atoms with Crippen LogP contribution < -0.4 is 16.4 Å². The van der Waals surface area contributed by atoms with Crippen LogP contribution in [0.5, 0.6) is 0 Å². The van der Waals surface area contributed by atoms with E-state index in [9.17, 15) is 9.59 Å². The number of hydrogen-bond acceptors (Lipinski definition) is 8. The molecule has 0 unspecified atom stereocenters. The molecule has 5 aromatic rings. The minimum absolute atomic E-state index is 0.0812. The van der Waals surface area contributed by atoms with Gasteiger partial charge < -0.3 is 16.4 Å². The van der Waals surface area contributed by atoms with Crippen molar-refractivity contribution < 1.29 is 9.59 Å². The van der Waals surface area contributed by atoms with E-state index in [0.717, 1.165) is 39.4 Å². The third-order valence-electron chi connectivity index (χ3n) is 5.87. The molecule has 0 radical (unpaired) electrons. The lowest BCUT2D eigenvalue weighted by molar-refractivity contribution is 0.0995. The zero-order valence-electron chi connectivity index (χ0n) is 20.5. The molecular weight excluding hydrogens is 496 g/mol. The van der Waals surface area contributed by atoms with Crippen LogP contribution in [-0.4, -0.2) is 26.6 Å². The molecule has 0 aliphatic rings. The highest BCUT2D eigenvalue weighted by atomic mass is 32.1. The largest absolute Gasteiger partial charge is 0.398 e. The Labute approximate surface area is 223 Å². The number of carbonyl (C=O) groups is 2. The molecule has 0 spiro atoms. The Hall–Kier alpha value is -4.89. The molecule has 0 aliphatic carbocycles. The number of nitrogens with one attached hydrogen (secondary N) is 2. The molecule has 5 rings (SSSR count). The summed E-state index contributed by atoms with van der Waals surface area (Å²) in [5.74, 6) is 0.0542. The number of nitrogen functional groups attached to an aromatic ring is 1. The van der Waals surface area contributed by atoms with E-state index >= 15 is 0 Å². The van der Waals surface area contributed by atoms with Gasteiger partial charge in [0.15, 0.2) is 5.78 Å². The lowest BCUT2D eigenvalue weighted by Gasteiger charge is -2.12. The number of aromatic nitrogens is 3. The number of benzene rings is 2. The summed E-state index contributed by atoms with van der Waals surface area (Å²) in [4.78, 5) is 39.7. The fraction of sp³-hybridized carbons (Fsp3) is 0.0690. The van der Waals surface area contributed by atoms with Crippen molar-refractivity contribution >= 4 is 46.0 Å². The van der Waals surface area contributed by atoms with E-state index in [1.807, 2.05) is 61.5 Å². The first kappa shape index (κ1) is 24.8. The first-order chi connectivity index (χ1) is 18.5. The van der Waals surface area contributed by atoms with Crippen molar-refractivity contribution in [3.8, 4) is 11.3 Å². The smallest absolute Gasteiger partial charge is 0.265 e. The first-order valence-corrected chi connectivity index (χ1v) is 12.7. The molecule has 3 heterocycles. The zero-order valence-corrected chi connectivity index (χ0v) is 21.3. The van der Waals surface area contributed by atoms with Crippen LogP contribution in [0.3, 0.4) is 0 Å². The SMILES string of the molecule is Cc1ccc(NC(=O)c2ccc(C(=O)Cc3ccccc3N)s2)cc1Nc1nccc(-c2cccnc2)n1. The Kier molecular flexibility index (Phi) is 7.19. The van der Waals surface area contributed by atoms with Crippen molar-refractivity contribution in [1.82, 2.24) is 15.0 Å². The Bertz CT molecular complexity index is 1620. The molecule has 0 saturated heterocycles. The molecule has 0 saturated carbocycles. The van der Waals surface area contributed by atoms with Gasteiger partial charge in [0, 0.05) is 47.6 Å². The molecule has 0 aliphatic heterocycles. The molecule has 3 aromatic heterocycles. The second-order valence-electron chi connectivity index (χ2n) is 8.58. The summed E-state index contributed by atoms with van der Waals surface area (Å²) in [5, 5.41) is 6.15. The third-order valence-corrected chi connectivity index (χ3v) is 6.99. The van der Waals surface area contributed by atoms with Crippen molar-refractivity contribution in [2.24, 2.45) is 0 Å². The van der Waals surface area contributed by atoms with E-state index in [4.69, 9.17) is 5.73 Å². The van der Waals surface area contributed by atoms with Gasteiger partial charge in [-0.25, -0.2) is 9.97 Å². The first-order valence-electron chi connectivity index (χ1n) is 11.8. The molecule has 9 heteroatoms. The normalized spacial score (nSPS) is 10.7. The van der Waals surface area contributed by atoms with E-state index in [1.165, 1.54) is 0 Å². The van der Waals surface area contributed by atoms with Crippen molar-refractivity contribution in [3.05, 3.63) is 112 Å². The molecule has 0 fully saturated rings. The highest BCUT2D eigenvalue weighted by Gasteiger charge is 2.16. The van der Waals surface area contributed by atoms with Crippen LogP contribution >= 0.6 is 11.3 Å². The van der Waals surface area contributed by atoms with Crippen molar-refractivity contribution in [1.29, 1.82) is 0 Å². The third kappa shape index (κ3) is 5.74. The minimum Gasteiger partial charge on any atom is -0.398 e. The number of nitrogens with zero attached hydrogens (tertiary/aromatic N) is 3. The zero-order chi connectivity index (χ0) is 26.5. The van der Waals surface area contributed by atoms with Crippen LogP contribution in [0.25, 0.3) is 11.3 Å². The monoisotopic (exact) mass is 520 g/mol. The second-order valence-corrected chi connectivity index (χ2v) is 9.66. The summed E-state index contributed by atoms with van der Waals surface area (Å²) in [6.07, 6.45) is 5.32. The van der Waals surface area contributed by atoms with Gasteiger partial charge in [-0.1, -0.05) is 24.3 Å². The number of Topliss-reactive ketones (excluding diaryl/α,β-unsaturated/α-hetero) is 1. The fourth-order valence-electron chi connectivity index (χ4n) is 3.81. The minimum atomic E-state index is -0.294. The van der Waals surface area contributed by atoms with Crippen molar-refractivity contribution in [2.75, 3.05) is 16.4 Å². The van der Waals surface area contributed by atoms with Gasteiger partial charge in [-0.3, -0.25) is 14.6 Å². The van der Waals surface area contributed by atoms with E-state index in [0.29, 0.717) is 27.1 Å². The van der Waals surface area contributed by atoms with Crippen LogP contribution in [0.15, 0.2) is 91.4 Å². The van der Waals surface area contributed by atoms with Gasteiger partial charge in [0.1, 0.15) is 0 Å². The molecule has 38 heavy (non-hydrogen) atoms. The maximum Gasteiger partial charge on any atom is 0.265 e. The number of thiophene rings is 1. The summed E-state index contributed by atoms with van der Waals surface area (Å²) in [5.41, 5.74) is 11.3. The molecule has 0 atom stereocenters. The summed E-state index contributed by atoms with van der Waals surface area (Å²) in [7, 11) is 0. The molecule has 2 aromatic carbocycles. The average Bonchev–Trinajstić information content (AvgIpc) is 3.44. The quantitative estimate of drug-likeness (QED) is 0.172. The number of nitrogens with two attached hydrogens (primary N) is 1. The lowest BCUT2D eigenvalue weighted by atomic mass is 10.1. The summed E-state index contributed by atoms with van der Waals surface area (Å²) in [6.45, 7) is 1.95. The van der Waals surface area contributed by atoms with Crippen LogP contribution in [0.2, 0.25) is 0 Å². The predicted molar refractivity (Wildman–Crippen MR) is 151 cm³/mol. The number of ketones is 1. The Balaban J connectivity index is 1.28. The van der Waals surface area contributed by atoms with Gasteiger partial charge in [0.2, 0.25) is 5.95 Å². The number of aryl methyl sites for hydroxylation is 1. The fourth-order valence-corrected chi connectivity index (χ4v) is 4.65. The number of pyridine rings is 1. The molecule has 4 N–H and O–H groups in total. The second kappa shape index (κ2) is 11.0. The van der Waals surface area contributed by atoms with Crippen LogP contribution in [0, 0.1) is 6.92 Å². The number of amides is 1. The molecule has 8 nitrogen and oxygen atoms in total.